The van der Waals surface area contributed by atoms with Gasteiger partial charge >= 0.3 is 22.4 Å². The monoisotopic (exact) mass is 810 g/mol. The van der Waals surface area contributed by atoms with Crippen molar-refractivity contribution in [3.05, 3.63) is 144 Å². The van der Waals surface area contributed by atoms with Crippen molar-refractivity contribution in [1.29, 1.82) is 0 Å². The van der Waals surface area contributed by atoms with Crippen LogP contribution in [-0.2, 0) is 33.2 Å². The average Bonchev–Trinajstić information content (AvgIpc) is 3.06. The van der Waals surface area contributed by atoms with Gasteiger partial charge < -0.3 is 5.32 Å². The second-order valence-corrected chi connectivity index (χ2v) is 15.1. The van der Waals surface area contributed by atoms with E-state index in [0.29, 0.717) is 0 Å². The number of benzene rings is 5. The van der Waals surface area contributed by atoms with Gasteiger partial charge in [0.15, 0.2) is 0 Å². The zero-order valence-electron chi connectivity index (χ0n) is 27.6. The first-order chi connectivity index (χ1) is 22.0. The standard InChI is InChI=1S/C43H37N2S.Au/c1-42(2,3)33-21-17-28(18-22-33)30-25-31(29-19-23-34(24-20-29)43(4,5)6)27-32(26-30)36-13-10-14-37(44-36)35-11-9-16-40-41(35)45-38-12-7-8-15-39(38)46-40;/h7-19,21-26H,1-6H3;/q-3;+3. The van der Waals surface area contributed by atoms with E-state index in [-0.39, 0.29) is 33.2 Å². The number of fused-ring (bicyclic) bond motifs is 2. The maximum Gasteiger partial charge on any atom is 3.00 e. The van der Waals surface area contributed by atoms with Crippen LogP contribution >= 0.6 is 11.8 Å². The third-order valence-electron chi connectivity index (χ3n) is 8.54. The topological polar surface area (TPSA) is 27.0 Å². The van der Waals surface area contributed by atoms with Crippen molar-refractivity contribution < 1.29 is 22.4 Å². The SMILES string of the molecule is CC(C)(C)c1c[c-]c(-c2[c-]c(-c3cccc(-c4cccc5c4[N-]c4ccccc4S5)n3)cc(-c3ccc(C(C)(C)C)cc3)c2)cc1.[Au+3]. The van der Waals surface area contributed by atoms with E-state index in [2.05, 4.69) is 163 Å². The molecule has 0 saturated carbocycles. The predicted octanol–water partition coefficient (Wildman–Crippen LogP) is 12.7. The van der Waals surface area contributed by atoms with Gasteiger partial charge in [-0.2, -0.15) is 35.9 Å². The molecule has 0 radical (unpaired) electrons. The van der Waals surface area contributed by atoms with Crippen LogP contribution in [0.15, 0.2) is 125 Å². The molecule has 6 aromatic rings. The second-order valence-electron chi connectivity index (χ2n) is 14.0. The third kappa shape index (κ3) is 6.91. The Bertz CT molecular complexity index is 1970. The molecule has 0 saturated heterocycles. The molecule has 1 aliphatic rings. The number of pyridine rings is 1. The molecule has 5 aromatic carbocycles. The maximum atomic E-state index is 5.23. The summed E-state index contributed by atoms with van der Waals surface area (Å²) in [5.74, 6) is 0. The van der Waals surface area contributed by atoms with Crippen LogP contribution in [0.25, 0.3) is 50.1 Å². The zero-order chi connectivity index (χ0) is 32.1. The zero-order valence-corrected chi connectivity index (χ0v) is 30.6. The largest absolute Gasteiger partial charge is 3.00 e. The Morgan fingerprint density at radius 1 is 0.596 bits per heavy atom. The molecule has 0 atom stereocenters. The van der Waals surface area contributed by atoms with Crippen LogP contribution in [0.1, 0.15) is 52.7 Å². The second kappa shape index (κ2) is 13.0. The minimum Gasteiger partial charge on any atom is -0.655 e. The van der Waals surface area contributed by atoms with Gasteiger partial charge in [-0.1, -0.05) is 126 Å². The van der Waals surface area contributed by atoms with Gasteiger partial charge in [-0.3, -0.25) is 4.98 Å². The van der Waals surface area contributed by atoms with Crippen molar-refractivity contribution in [3.8, 4) is 44.8 Å². The van der Waals surface area contributed by atoms with Crippen molar-refractivity contribution in [2.75, 3.05) is 0 Å². The van der Waals surface area contributed by atoms with Crippen molar-refractivity contribution >= 4 is 23.1 Å². The molecule has 2 nitrogen and oxygen atoms in total. The summed E-state index contributed by atoms with van der Waals surface area (Å²) in [6.45, 7) is 13.4. The van der Waals surface area contributed by atoms with Crippen molar-refractivity contribution in [2.45, 2.75) is 62.2 Å². The van der Waals surface area contributed by atoms with E-state index < -0.39 is 0 Å². The van der Waals surface area contributed by atoms with Crippen LogP contribution in [-0.4, -0.2) is 4.98 Å². The molecule has 0 amide bonds. The van der Waals surface area contributed by atoms with Gasteiger partial charge in [0.1, 0.15) is 0 Å². The van der Waals surface area contributed by atoms with Crippen LogP contribution in [0.3, 0.4) is 0 Å². The molecule has 4 heteroatoms. The summed E-state index contributed by atoms with van der Waals surface area (Å²) in [7, 11) is 0. The summed E-state index contributed by atoms with van der Waals surface area (Å²) in [4.78, 5) is 7.55. The number of hydrogen-bond acceptors (Lipinski definition) is 2. The van der Waals surface area contributed by atoms with Crippen molar-refractivity contribution in [3.63, 3.8) is 0 Å². The van der Waals surface area contributed by atoms with E-state index in [9.17, 15) is 0 Å². The number of para-hydroxylation sites is 2. The van der Waals surface area contributed by atoms with E-state index >= 15 is 0 Å². The van der Waals surface area contributed by atoms with Gasteiger partial charge in [0.25, 0.3) is 0 Å². The predicted molar refractivity (Wildman–Crippen MR) is 194 cm³/mol. The molecule has 0 spiro atoms. The van der Waals surface area contributed by atoms with Crippen LogP contribution < -0.4 is 0 Å². The fraction of sp³-hybridized carbons (Fsp3) is 0.186. The molecule has 1 aromatic heterocycles. The Hall–Kier alpha value is -3.86. The van der Waals surface area contributed by atoms with Crippen LogP contribution in [0.4, 0.5) is 11.4 Å². The van der Waals surface area contributed by atoms with Crippen molar-refractivity contribution in [2.24, 2.45) is 0 Å². The van der Waals surface area contributed by atoms with E-state index in [1.807, 2.05) is 6.07 Å². The van der Waals surface area contributed by atoms with Gasteiger partial charge in [0, 0.05) is 5.69 Å². The van der Waals surface area contributed by atoms with E-state index in [0.717, 1.165) is 55.5 Å². The summed E-state index contributed by atoms with van der Waals surface area (Å²) in [5.41, 5.74) is 12.8. The smallest absolute Gasteiger partial charge is 0.655 e. The number of aromatic nitrogens is 1. The van der Waals surface area contributed by atoms with Crippen LogP contribution in [0, 0.1) is 12.1 Å². The fourth-order valence-corrected chi connectivity index (χ4v) is 6.78. The molecule has 7 rings (SSSR count). The molecule has 0 fully saturated rings. The number of rotatable bonds is 4. The Morgan fingerprint density at radius 3 is 1.98 bits per heavy atom. The normalized spacial score (nSPS) is 12.4. The van der Waals surface area contributed by atoms with Crippen LogP contribution in [0.5, 0.6) is 0 Å². The molecular formula is C43H37AuN2S. The molecule has 47 heavy (non-hydrogen) atoms. The summed E-state index contributed by atoms with van der Waals surface area (Å²) >= 11 is 1.76. The third-order valence-corrected chi connectivity index (χ3v) is 9.65. The summed E-state index contributed by atoms with van der Waals surface area (Å²) < 4.78 is 0. The number of hydrogen-bond donors (Lipinski definition) is 0. The molecule has 0 N–H and O–H groups in total. The summed E-state index contributed by atoms with van der Waals surface area (Å²) in [5, 5.41) is 5.07. The maximum absolute atomic E-state index is 5.23. The first kappa shape index (κ1) is 33.1. The van der Waals surface area contributed by atoms with Gasteiger partial charge in [-0.15, -0.1) is 34.6 Å². The minimum atomic E-state index is 0. The van der Waals surface area contributed by atoms with Gasteiger partial charge in [0.05, 0.1) is 5.69 Å². The first-order valence-corrected chi connectivity index (χ1v) is 16.6. The van der Waals surface area contributed by atoms with Crippen LogP contribution in [0.2, 0.25) is 0 Å². The fourth-order valence-electron chi connectivity index (χ4n) is 5.78. The Labute approximate surface area is 299 Å². The first-order valence-electron chi connectivity index (χ1n) is 15.8. The van der Waals surface area contributed by atoms with Gasteiger partial charge in [-0.25, -0.2) is 5.56 Å². The Morgan fingerprint density at radius 2 is 1.26 bits per heavy atom. The van der Waals surface area contributed by atoms with E-state index in [1.165, 1.54) is 21.6 Å². The molecular weight excluding hydrogens is 774 g/mol. The molecule has 236 valence electrons. The minimum absolute atomic E-state index is 0. The molecule has 2 heterocycles. The molecule has 1 aliphatic heterocycles. The Balaban J connectivity index is 0.00000386. The van der Waals surface area contributed by atoms with E-state index in [1.54, 1.807) is 11.8 Å². The van der Waals surface area contributed by atoms with Gasteiger partial charge in [-0.05, 0) is 55.5 Å². The molecule has 0 bridgehead atoms. The average molecular weight is 811 g/mol. The van der Waals surface area contributed by atoms with Crippen molar-refractivity contribution in [1.82, 2.24) is 4.98 Å². The quantitative estimate of drug-likeness (QED) is 0.131. The van der Waals surface area contributed by atoms with Gasteiger partial charge in [0.2, 0.25) is 0 Å². The number of nitrogens with zero attached hydrogens (tertiary/aromatic N) is 2. The van der Waals surface area contributed by atoms with E-state index in [4.69, 9.17) is 10.3 Å². The summed E-state index contributed by atoms with van der Waals surface area (Å²) in [6.07, 6.45) is 0. The molecule has 0 unspecified atom stereocenters. The molecule has 0 aliphatic carbocycles. The summed E-state index contributed by atoms with van der Waals surface area (Å²) in [6, 6.07) is 48.1. The Kier molecular flexibility index (Phi) is 9.13.